The summed E-state index contributed by atoms with van der Waals surface area (Å²) in [7, 11) is 0. The maximum atomic E-state index is 10.5. The van der Waals surface area contributed by atoms with Crippen LogP contribution >= 0.6 is 0 Å². The Morgan fingerprint density at radius 3 is 1.96 bits per heavy atom. The quantitative estimate of drug-likeness (QED) is 0.796. The molecule has 5 unspecified atom stereocenters. The van der Waals surface area contributed by atoms with E-state index in [1.165, 1.54) is 0 Å². The molecule has 2 N–H and O–H groups in total. The van der Waals surface area contributed by atoms with Gasteiger partial charge in [0.05, 0.1) is 25.9 Å². The molecule has 0 aromatic heterocycles. The predicted octanol–water partition coefficient (Wildman–Crippen LogP) is 2.50. The van der Waals surface area contributed by atoms with E-state index in [1.54, 1.807) is 0 Å². The molecule has 5 heteroatoms. The summed E-state index contributed by atoms with van der Waals surface area (Å²) in [5, 5.41) is 20.1. The van der Waals surface area contributed by atoms with E-state index in [0.29, 0.717) is 13.2 Å². The zero-order valence-corrected chi connectivity index (χ0v) is 14.9. The summed E-state index contributed by atoms with van der Waals surface area (Å²) < 4.78 is 17.7. The molecule has 2 aromatic carbocycles. The average molecular weight is 358 g/mol. The van der Waals surface area contributed by atoms with Crippen molar-refractivity contribution >= 4 is 0 Å². The Morgan fingerprint density at radius 2 is 1.42 bits per heavy atom. The topological polar surface area (TPSA) is 68.2 Å². The Bertz CT molecular complexity index is 648. The van der Waals surface area contributed by atoms with Gasteiger partial charge in [-0.1, -0.05) is 67.6 Å². The summed E-state index contributed by atoms with van der Waals surface area (Å²) >= 11 is 0. The van der Waals surface area contributed by atoms with Crippen molar-refractivity contribution < 1.29 is 24.4 Å². The normalized spacial score (nSPS) is 28.8. The molecular formula is C21H26O5. The third-order valence-corrected chi connectivity index (χ3v) is 4.70. The summed E-state index contributed by atoms with van der Waals surface area (Å²) in [5.74, 6) is -0.180. The molecule has 5 atom stereocenters. The van der Waals surface area contributed by atoms with Crippen molar-refractivity contribution in [3.63, 3.8) is 0 Å². The second-order valence-electron chi connectivity index (χ2n) is 6.63. The van der Waals surface area contributed by atoms with Crippen molar-refractivity contribution in [3.05, 3.63) is 71.8 Å². The van der Waals surface area contributed by atoms with Crippen LogP contribution in [-0.2, 0) is 27.4 Å². The van der Waals surface area contributed by atoms with Crippen LogP contribution in [0.2, 0.25) is 0 Å². The van der Waals surface area contributed by atoms with Gasteiger partial charge < -0.3 is 24.4 Å². The first-order valence-corrected chi connectivity index (χ1v) is 8.94. The van der Waals surface area contributed by atoms with Crippen LogP contribution in [0.15, 0.2) is 60.7 Å². The summed E-state index contributed by atoms with van der Waals surface area (Å²) in [6.45, 7) is 2.43. The molecule has 2 aromatic rings. The third-order valence-electron chi connectivity index (χ3n) is 4.70. The number of hydrogen-bond donors (Lipinski definition) is 2. The Morgan fingerprint density at radius 1 is 0.885 bits per heavy atom. The van der Waals surface area contributed by atoms with Gasteiger partial charge in [0, 0.05) is 5.92 Å². The highest BCUT2D eigenvalue weighted by atomic mass is 16.7. The fourth-order valence-corrected chi connectivity index (χ4v) is 3.17. The molecule has 0 spiro atoms. The molecule has 1 aliphatic rings. The number of benzene rings is 2. The van der Waals surface area contributed by atoms with Gasteiger partial charge in [-0.25, -0.2) is 0 Å². The average Bonchev–Trinajstić information content (AvgIpc) is 2.69. The van der Waals surface area contributed by atoms with E-state index in [-0.39, 0.29) is 12.5 Å². The van der Waals surface area contributed by atoms with Crippen LogP contribution < -0.4 is 0 Å². The first-order chi connectivity index (χ1) is 12.7. The summed E-state index contributed by atoms with van der Waals surface area (Å²) in [6, 6.07) is 19.6. The molecule has 1 saturated heterocycles. The molecule has 3 rings (SSSR count). The fraction of sp³-hybridized carbons (Fsp3) is 0.429. The Hall–Kier alpha value is -1.76. The van der Waals surface area contributed by atoms with Crippen molar-refractivity contribution in [1.82, 2.24) is 0 Å². The van der Waals surface area contributed by atoms with E-state index in [2.05, 4.69) is 0 Å². The molecule has 0 saturated carbocycles. The minimum atomic E-state index is -0.907. The highest BCUT2D eigenvalue weighted by Gasteiger charge is 2.44. The Balaban J connectivity index is 1.64. The molecule has 5 nitrogen and oxygen atoms in total. The summed E-state index contributed by atoms with van der Waals surface area (Å²) in [6.07, 6.45) is -2.68. The summed E-state index contributed by atoms with van der Waals surface area (Å²) in [5.41, 5.74) is 2.07. The van der Waals surface area contributed by atoms with E-state index >= 15 is 0 Å². The van der Waals surface area contributed by atoms with E-state index in [9.17, 15) is 10.2 Å². The number of rotatable bonds is 7. The Labute approximate surface area is 154 Å². The van der Waals surface area contributed by atoms with Crippen LogP contribution in [0.3, 0.4) is 0 Å². The van der Waals surface area contributed by atoms with Crippen LogP contribution in [0, 0.1) is 5.92 Å². The van der Waals surface area contributed by atoms with Gasteiger partial charge in [-0.3, -0.25) is 0 Å². The van der Waals surface area contributed by atoms with Crippen molar-refractivity contribution in [2.24, 2.45) is 5.92 Å². The van der Waals surface area contributed by atoms with Crippen molar-refractivity contribution in [3.8, 4) is 0 Å². The van der Waals surface area contributed by atoms with Gasteiger partial charge in [0.25, 0.3) is 0 Å². The lowest BCUT2D eigenvalue weighted by Crippen LogP contribution is -2.56. The molecule has 26 heavy (non-hydrogen) atoms. The van der Waals surface area contributed by atoms with Crippen LogP contribution in [0.25, 0.3) is 0 Å². The van der Waals surface area contributed by atoms with Gasteiger partial charge >= 0.3 is 0 Å². The van der Waals surface area contributed by atoms with Gasteiger partial charge in [-0.15, -0.1) is 0 Å². The second kappa shape index (κ2) is 9.26. The maximum Gasteiger partial charge on any atom is 0.163 e. The minimum Gasteiger partial charge on any atom is -0.394 e. The summed E-state index contributed by atoms with van der Waals surface area (Å²) in [4.78, 5) is 0. The highest BCUT2D eigenvalue weighted by Crippen LogP contribution is 2.30. The van der Waals surface area contributed by atoms with Gasteiger partial charge in [-0.05, 0) is 11.1 Å². The van der Waals surface area contributed by atoms with Crippen molar-refractivity contribution in [2.45, 2.75) is 44.7 Å². The van der Waals surface area contributed by atoms with E-state index in [0.717, 1.165) is 11.1 Å². The number of ether oxygens (including phenoxy) is 3. The molecule has 1 aliphatic heterocycles. The smallest absolute Gasteiger partial charge is 0.163 e. The van der Waals surface area contributed by atoms with E-state index in [1.807, 2.05) is 67.6 Å². The van der Waals surface area contributed by atoms with Crippen molar-refractivity contribution in [2.75, 3.05) is 6.61 Å². The van der Waals surface area contributed by atoms with E-state index < -0.39 is 24.6 Å². The lowest BCUT2D eigenvalue weighted by Gasteiger charge is -2.42. The lowest BCUT2D eigenvalue weighted by atomic mass is 9.92. The lowest BCUT2D eigenvalue weighted by molar-refractivity contribution is -0.294. The van der Waals surface area contributed by atoms with Crippen LogP contribution in [0.4, 0.5) is 0 Å². The monoisotopic (exact) mass is 358 g/mol. The molecule has 0 radical (unpaired) electrons. The molecule has 0 bridgehead atoms. The third kappa shape index (κ3) is 4.69. The molecular weight excluding hydrogens is 332 g/mol. The molecule has 140 valence electrons. The molecule has 1 heterocycles. The number of aliphatic hydroxyl groups is 2. The fourth-order valence-electron chi connectivity index (χ4n) is 3.17. The maximum absolute atomic E-state index is 10.5. The standard InChI is InChI=1S/C21H26O5/c1-15-20(24-13-16-8-4-2-5-9-16)19(23)18(12-22)26-21(15)25-14-17-10-6-3-7-11-17/h2-11,15,18-23H,12-14H2,1H3. The zero-order chi connectivity index (χ0) is 18.4. The van der Waals surface area contributed by atoms with Crippen LogP contribution in [0.5, 0.6) is 0 Å². The SMILES string of the molecule is CC1C(OCc2ccccc2)OC(CO)C(O)C1OCc1ccccc1. The molecule has 1 fully saturated rings. The van der Waals surface area contributed by atoms with Gasteiger partial charge in [0.2, 0.25) is 0 Å². The van der Waals surface area contributed by atoms with Gasteiger partial charge in [0.15, 0.2) is 6.29 Å². The van der Waals surface area contributed by atoms with Crippen LogP contribution in [0.1, 0.15) is 18.1 Å². The largest absolute Gasteiger partial charge is 0.394 e. The number of aliphatic hydroxyl groups excluding tert-OH is 2. The molecule has 0 amide bonds. The molecule has 0 aliphatic carbocycles. The highest BCUT2D eigenvalue weighted by molar-refractivity contribution is 5.14. The zero-order valence-electron chi connectivity index (χ0n) is 14.9. The predicted molar refractivity (Wildman–Crippen MR) is 97.2 cm³/mol. The first kappa shape index (κ1) is 19.0. The first-order valence-electron chi connectivity index (χ1n) is 8.94. The van der Waals surface area contributed by atoms with Crippen LogP contribution in [-0.4, -0.2) is 41.4 Å². The van der Waals surface area contributed by atoms with Gasteiger partial charge in [-0.2, -0.15) is 0 Å². The second-order valence-corrected chi connectivity index (χ2v) is 6.63. The van der Waals surface area contributed by atoms with E-state index in [4.69, 9.17) is 14.2 Å². The minimum absolute atomic E-state index is 0.180. The Kier molecular flexibility index (Phi) is 6.77. The number of hydrogen-bond acceptors (Lipinski definition) is 5. The van der Waals surface area contributed by atoms with Gasteiger partial charge in [0.1, 0.15) is 12.2 Å². The van der Waals surface area contributed by atoms with Crippen molar-refractivity contribution in [1.29, 1.82) is 0 Å².